The minimum atomic E-state index is -0.663. The molecule has 5 rings (SSSR count). The summed E-state index contributed by atoms with van der Waals surface area (Å²) in [7, 11) is 1.76. The van der Waals surface area contributed by atoms with E-state index in [4.69, 9.17) is 5.73 Å². The Morgan fingerprint density at radius 2 is 1.77 bits per heavy atom. The lowest BCUT2D eigenvalue weighted by Crippen LogP contribution is -2.50. The maximum Gasteiger partial charge on any atom is 0.329 e. The second-order valence-electron chi connectivity index (χ2n) is 11.9. The first-order chi connectivity index (χ1) is 18.8. The number of aromatic nitrogens is 2. The molecule has 3 amide bonds. The van der Waals surface area contributed by atoms with E-state index in [1.54, 1.807) is 16.2 Å². The molecule has 39 heavy (non-hydrogen) atoms. The van der Waals surface area contributed by atoms with Crippen LogP contribution in [0.5, 0.6) is 0 Å². The number of likely N-dealkylation sites (tertiary alicyclic amines) is 1. The number of piperidine rings is 2. The molecule has 212 valence electrons. The summed E-state index contributed by atoms with van der Waals surface area (Å²) in [4.78, 5) is 52.2. The van der Waals surface area contributed by atoms with E-state index in [0.29, 0.717) is 18.3 Å². The van der Waals surface area contributed by atoms with Crippen LogP contribution in [0.25, 0.3) is 11.0 Å². The van der Waals surface area contributed by atoms with Gasteiger partial charge in [-0.3, -0.25) is 28.8 Å². The molecule has 3 N–H and O–H groups in total. The number of rotatable bonds is 8. The third-order valence-electron chi connectivity index (χ3n) is 9.39. The zero-order valence-corrected chi connectivity index (χ0v) is 23.2. The second kappa shape index (κ2) is 12.1. The highest BCUT2D eigenvalue weighted by Gasteiger charge is 2.33. The average Bonchev–Trinajstić information content (AvgIpc) is 3.21. The summed E-state index contributed by atoms with van der Waals surface area (Å²) < 4.78 is 3.19. The van der Waals surface area contributed by atoms with E-state index in [-0.39, 0.29) is 30.0 Å². The van der Waals surface area contributed by atoms with Crippen LogP contribution in [-0.4, -0.2) is 50.9 Å². The van der Waals surface area contributed by atoms with Gasteiger partial charge in [0.1, 0.15) is 6.04 Å². The summed E-state index contributed by atoms with van der Waals surface area (Å²) in [6.07, 6.45) is 12.6. The number of hydrogen-bond acceptors (Lipinski definition) is 5. The molecule has 9 heteroatoms. The van der Waals surface area contributed by atoms with E-state index in [0.717, 1.165) is 81.1 Å². The molecule has 1 saturated carbocycles. The minimum absolute atomic E-state index is 0.156. The number of carbonyl (C=O) groups excluding carboxylic acids is 3. The second-order valence-corrected chi connectivity index (χ2v) is 11.9. The Hall–Kier alpha value is -2.94. The third-order valence-corrected chi connectivity index (χ3v) is 9.39. The van der Waals surface area contributed by atoms with Crippen molar-refractivity contribution in [2.24, 2.45) is 24.6 Å². The number of fused-ring (bicyclic) bond motifs is 1. The van der Waals surface area contributed by atoms with Gasteiger partial charge in [0.2, 0.25) is 17.7 Å². The topological polar surface area (TPSA) is 119 Å². The van der Waals surface area contributed by atoms with Gasteiger partial charge in [-0.1, -0.05) is 44.2 Å². The largest absolute Gasteiger partial charge is 0.341 e. The Kier molecular flexibility index (Phi) is 8.54. The number of nitrogens with two attached hydrogens (primary N) is 1. The van der Waals surface area contributed by atoms with Crippen molar-refractivity contribution in [1.82, 2.24) is 19.4 Å². The van der Waals surface area contributed by atoms with Crippen molar-refractivity contribution in [3.05, 3.63) is 34.2 Å². The third kappa shape index (κ3) is 5.83. The Morgan fingerprint density at radius 1 is 1.03 bits per heavy atom. The number of para-hydroxylation sites is 1. The molecule has 9 nitrogen and oxygen atoms in total. The number of unbranched alkanes of at least 4 members (excludes halogenated alkanes) is 1. The maximum absolute atomic E-state index is 13.1. The number of hydrogen-bond donors (Lipinski definition) is 2. The summed E-state index contributed by atoms with van der Waals surface area (Å²) in [6, 6.07) is 4.91. The van der Waals surface area contributed by atoms with Gasteiger partial charge >= 0.3 is 5.69 Å². The molecule has 0 spiro atoms. The van der Waals surface area contributed by atoms with Gasteiger partial charge < -0.3 is 10.6 Å². The standard InChI is InChI=1S/C30H43N5O4/c1-33-27-22(12-7-13-23(27)35(30(33)39)24-14-15-25(36)32-28(24)37)11-6-5-8-20-16-18-34(19-17-20)29(38)26(31)21-9-3-2-4-10-21/h7,12-13,20-21,24,26H,2-6,8-11,14-19,31H2,1H3,(H,32,36,37)/t24?,26-/m0/s1. The number of aryl methyl sites for hydroxylation is 2. The highest BCUT2D eigenvalue weighted by molar-refractivity contribution is 6.00. The van der Waals surface area contributed by atoms with Crippen LogP contribution in [-0.2, 0) is 27.9 Å². The summed E-state index contributed by atoms with van der Waals surface area (Å²) >= 11 is 0. The zero-order valence-electron chi connectivity index (χ0n) is 23.2. The molecule has 1 unspecified atom stereocenters. The van der Waals surface area contributed by atoms with Gasteiger partial charge in [0.15, 0.2) is 0 Å². The summed E-state index contributed by atoms with van der Waals surface area (Å²) in [5.41, 5.74) is 8.88. The lowest BCUT2D eigenvalue weighted by Gasteiger charge is -2.36. The quantitative estimate of drug-likeness (QED) is 0.396. The Balaban J connectivity index is 1.13. The van der Waals surface area contributed by atoms with Crippen LogP contribution in [0.2, 0.25) is 0 Å². The molecule has 2 saturated heterocycles. The molecule has 2 atom stereocenters. The maximum atomic E-state index is 13.1. The Labute approximate surface area is 230 Å². The molecule has 3 heterocycles. The number of imide groups is 1. The van der Waals surface area contributed by atoms with Gasteiger partial charge in [0.25, 0.3) is 0 Å². The van der Waals surface area contributed by atoms with E-state index in [1.807, 2.05) is 17.0 Å². The first-order valence-electron chi connectivity index (χ1n) is 14.9. The molecule has 3 aliphatic rings. The van der Waals surface area contributed by atoms with Crippen molar-refractivity contribution in [1.29, 1.82) is 0 Å². The van der Waals surface area contributed by atoms with Crippen LogP contribution in [0.4, 0.5) is 0 Å². The summed E-state index contributed by atoms with van der Waals surface area (Å²) in [6.45, 7) is 1.64. The predicted molar refractivity (Wildman–Crippen MR) is 150 cm³/mol. The van der Waals surface area contributed by atoms with Crippen LogP contribution < -0.4 is 16.7 Å². The van der Waals surface area contributed by atoms with Gasteiger partial charge in [0.05, 0.1) is 17.1 Å². The number of nitrogens with zero attached hydrogens (tertiary/aromatic N) is 3. The highest BCUT2D eigenvalue weighted by atomic mass is 16.2. The van der Waals surface area contributed by atoms with Crippen LogP contribution in [0.3, 0.4) is 0 Å². The molecular formula is C30H43N5O4. The first kappa shape index (κ1) is 27.6. The molecular weight excluding hydrogens is 494 g/mol. The van der Waals surface area contributed by atoms with E-state index in [9.17, 15) is 19.2 Å². The lowest BCUT2D eigenvalue weighted by molar-refractivity contribution is -0.136. The smallest absolute Gasteiger partial charge is 0.329 e. The number of carbonyl (C=O) groups is 3. The van der Waals surface area contributed by atoms with E-state index in [2.05, 4.69) is 11.4 Å². The van der Waals surface area contributed by atoms with Crippen molar-refractivity contribution < 1.29 is 14.4 Å². The van der Waals surface area contributed by atoms with E-state index < -0.39 is 11.9 Å². The van der Waals surface area contributed by atoms with Gasteiger partial charge in [-0.2, -0.15) is 0 Å². The van der Waals surface area contributed by atoms with E-state index >= 15 is 0 Å². The van der Waals surface area contributed by atoms with Crippen LogP contribution >= 0.6 is 0 Å². The summed E-state index contributed by atoms with van der Waals surface area (Å²) in [5.74, 6) is 0.450. The van der Waals surface area contributed by atoms with Gasteiger partial charge in [-0.15, -0.1) is 0 Å². The normalized spacial score (nSPS) is 22.3. The molecule has 2 aromatic rings. The number of nitrogens with one attached hydrogen (secondary N) is 1. The fraction of sp³-hybridized carbons (Fsp3) is 0.667. The molecule has 1 aromatic carbocycles. The van der Waals surface area contributed by atoms with Gasteiger partial charge in [-0.25, -0.2) is 4.79 Å². The molecule has 2 aliphatic heterocycles. The number of benzene rings is 1. The molecule has 0 bridgehead atoms. The summed E-state index contributed by atoms with van der Waals surface area (Å²) in [5, 5.41) is 2.37. The van der Waals surface area contributed by atoms with Crippen LogP contribution in [0.1, 0.15) is 88.7 Å². The monoisotopic (exact) mass is 537 g/mol. The number of imidazole rings is 1. The average molecular weight is 538 g/mol. The fourth-order valence-corrected chi connectivity index (χ4v) is 7.05. The van der Waals surface area contributed by atoms with Gasteiger partial charge in [0, 0.05) is 26.6 Å². The van der Waals surface area contributed by atoms with Crippen molar-refractivity contribution in [2.75, 3.05) is 13.1 Å². The minimum Gasteiger partial charge on any atom is -0.341 e. The van der Waals surface area contributed by atoms with Crippen molar-refractivity contribution in [3.8, 4) is 0 Å². The van der Waals surface area contributed by atoms with Crippen molar-refractivity contribution in [3.63, 3.8) is 0 Å². The van der Waals surface area contributed by atoms with Gasteiger partial charge in [-0.05, 0) is 68.4 Å². The Bertz CT molecular complexity index is 1270. The SMILES string of the molecule is Cn1c(=O)n(C2CCC(=O)NC2=O)c2cccc(CCCCC3CCN(C(=O)[C@@H](N)C4CCCCC4)CC3)c21. The first-order valence-corrected chi connectivity index (χ1v) is 14.9. The molecule has 0 radical (unpaired) electrons. The fourth-order valence-electron chi connectivity index (χ4n) is 7.05. The predicted octanol–water partition coefficient (Wildman–Crippen LogP) is 3.18. The van der Waals surface area contributed by atoms with E-state index in [1.165, 1.54) is 19.3 Å². The number of amides is 3. The molecule has 3 fully saturated rings. The van der Waals surface area contributed by atoms with Crippen molar-refractivity contribution in [2.45, 2.75) is 95.6 Å². The highest BCUT2D eigenvalue weighted by Crippen LogP contribution is 2.29. The molecule has 1 aliphatic carbocycles. The lowest BCUT2D eigenvalue weighted by atomic mass is 9.83. The van der Waals surface area contributed by atoms with Crippen LogP contribution in [0, 0.1) is 11.8 Å². The zero-order chi connectivity index (χ0) is 27.5. The molecule has 1 aromatic heterocycles. The van der Waals surface area contributed by atoms with Crippen molar-refractivity contribution >= 4 is 28.8 Å². The van der Waals surface area contributed by atoms with Crippen LogP contribution in [0.15, 0.2) is 23.0 Å². The Morgan fingerprint density at radius 3 is 2.49 bits per heavy atom.